The van der Waals surface area contributed by atoms with Crippen LogP contribution in [0.3, 0.4) is 0 Å². The number of ether oxygens (including phenoxy) is 1. The van der Waals surface area contributed by atoms with Gasteiger partial charge in [0.1, 0.15) is 5.75 Å². The molecule has 2 heterocycles. The van der Waals surface area contributed by atoms with E-state index in [0.717, 1.165) is 31.1 Å². The van der Waals surface area contributed by atoms with E-state index >= 15 is 0 Å². The molecule has 130 valence electrons. The number of imidazole rings is 1. The van der Waals surface area contributed by atoms with E-state index in [0.29, 0.717) is 6.61 Å². The van der Waals surface area contributed by atoms with Crippen molar-refractivity contribution >= 4 is 0 Å². The summed E-state index contributed by atoms with van der Waals surface area (Å²) in [5.74, 6) is 1.21. The Kier molecular flexibility index (Phi) is 4.92. The van der Waals surface area contributed by atoms with Crippen LogP contribution in [0.2, 0.25) is 0 Å². The summed E-state index contributed by atoms with van der Waals surface area (Å²) in [6.45, 7) is 7.94. The van der Waals surface area contributed by atoms with Crippen molar-refractivity contribution < 1.29 is 4.74 Å². The molecule has 3 rings (SSSR count). The van der Waals surface area contributed by atoms with Gasteiger partial charge in [-0.3, -0.25) is 0 Å². The SMILES string of the molecule is CN(C)CC(C)(C)COc1cccc(C2CNCc3[nH]cnc32)c1. The molecule has 0 radical (unpaired) electrons. The summed E-state index contributed by atoms with van der Waals surface area (Å²) >= 11 is 0. The van der Waals surface area contributed by atoms with Gasteiger partial charge in [0, 0.05) is 31.0 Å². The van der Waals surface area contributed by atoms with Crippen molar-refractivity contribution in [1.29, 1.82) is 0 Å². The highest BCUT2D eigenvalue weighted by molar-refractivity contribution is 5.37. The second-order valence-corrected chi connectivity index (χ2v) is 7.71. The van der Waals surface area contributed by atoms with Crippen molar-refractivity contribution in [3.05, 3.63) is 47.5 Å². The third-order valence-corrected chi connectivity index (χ3v) is 4.37. The first-order valence-electron chi connectivity index (χ1n) is 8.55. The molecule has 1 aliphatic heterocycles. The zero-order valence-electron chi connectivity index (χ0n) is 15.1. The smallest absolute Gasteiger partial charge is 0.119 e. The third kappa shape index (κ3) is 3.97. The van der Waals surface area contributed by atoms with Crippen molar-refractivity contribution in [2.45, 2.75) is 26.3 Å². The molecule has 2 aromatic rings. The fourth-order valence-electron chi connectivity index (χ4n) is 3.49. The molecule has 1 aromatic carbocycles. The highest BCUT2D eigenvalue weighted by Crippen LogP contribution is 2.30. The molecule has 1 unspecified atom stereocenters. The number of hydrogen-bond donors (Lipinski definition) is 2. The Balaban J connectivity index is 1.72. The van der Waals surface area contributed by atoms with Crippen LogP contribution in [0, 0.1) is 5.41 Å². The zero-order valence-corrected chi connectivity index (χ0v) is 15.1. The number of H-pyrrole nitrogens is 1. The lowest BCUT2D eigenvalue weighted by Crippen LogP contribution is -2.33. The average Bonchev–Trinajstić information content (AvgIpc) is 3.00. The average molecular weight is 328 g/mol. The fourth-order valence-corrected chi connectivity index (χ4v) is 3.49. The molecule has 1 aromatic heterocycles. The molecule has 5 nitrogen and oxygen atoms in total. The maximum Gasteiger partial charge on any atom is 0.119 e. The number of aromatic amines is 1. The number of hydrogen-bond acceptors (Lipinski definition) is 4. The van der Waals surface area contributed by atoms with E-state index in [4.69, 9.17) is 4.74 Å². The standard InChI is InChI=1S/C19H28N4O/c1-19(2,11-23(3)4)12-24-15-7-5-6-14(8-15)16-9-20-10-17-18(16)22-13-21-17/h5-8,13,16,20H,9-12H2,1-4H3,(H,21,22). The van der Waals surface area contributed by atoms with E-state index in [1.807, 2.05) is 6.07 Å². The molecule has 1 atom stereocenters. The molecule has 0 fully saturated rings. The van der Waals surface area contributed by atoms with Crippen LogP contribution in [-0.4, -0.2) is 48.7 Å². The van der Waals surface area contributed by atoms with Gasteiger partial charge < -0.3 is 19.9 Å². The second kappa shape index (κ2) is 6.95. The van der Waals surface area contributed by atoms with Gasteiger partial charge in [0.05, 0.1) is 24.3 Å². The van der Waals surface area contributed by atoms with Gasteiger partial charge >= 0.3 is 0 Å². The van der Waals surface area contributed by atoms with Crippen molar-refractivity contribution in [2.75, 3.05) is 33.8 Å². The molecule has 0 aliphatic carbocycles. The molecular formula is C19H28N4O. The highest BCUT2D eigenvalue weighted by atomic mass is 16.5. The normalized spacial score (nSPS) is 17.8. The van der Waals surface area contributed by atoms with Gasteiger partial charge in [0.2, 0.25) is 0 Å². The summed E-state index contributed by atoms with van der Waals surface area (Å²) in [4.78, 5) is 9.95. The number of aromatic nitrogens is 2. The van der Waals surface area contributed by atoms with Crippen molar-refractivity contribution in [3.63, 3.8) is 0 Å². The quantitative estimate of drug-likeness (QED) is 0.856. The van der Waals surface area contributed by atoms with Crippen LogP contribution in [0.4, 0.5) is 0 Å². The van der Waals surface area contributed by atoms with E-state index in [9.17, 15) is 0 Å². The maximum atomic E-state index is 6.10. The van der Waals surface area contributed by atoms with E-state index in [-0.39, 0.29) is 11.3 Å². The Morgan fingerprint density at radius 2 is 2.17 bits per heavy atom. The molecular weight excluding hydrogens is 300 g/mol. The van der Waals surface area contributed by atoms with Gasteiger partial charge in [0.25, 0.3) is 0 Å². The summed E-state index contributed by atoms with van der Waals surface area (Å²) < 4.78 is 6.10. The number of nitrogens with one attached hydrogen (secondary N) is 2. The Labute approximate surface area is 144 Å². The minimum atomic E-state index is 0.112. The number of benzene rings is 1. The van der Waals surface area contributed by atoms with Crippen LogP contribution in [0.25, 0.3) is 0 Å². The van der Waals surface area contributed by atoms with Gasteiger partial charge in [0.15, 0.2) is 0 Å². The molecule has 24 heavy (non-hydrogen) atoms. The maximum absolute atomic E-state index is 6.10. The van der Waals surface area contributed by atoms with Crippen LogP contribution in [-0.2, 0) is 6.54 Å². The summed E-state index contributed by atoms with van der Waals surface area (Å²) in [5.41, 5.74) is 3.70. The van der Waals surface area contributed by atoms with Crippen molar-refractivity contribution in [1.82, 2.24) is 20.2 Å². The van der Waals surface area contributed by atoms with Gasteiger partial charge in [-0.2, -0.15) is 0 Å². The first-order chi connectivity index (χ1) is 11.4. The van der Waals surface area contributed by atoms with Crippen LogP contribution in [0.15, 0.2) is 30.6 Å². The first-order valence-corrected chi connectivity index (χ1v) is 8.55. The number of nitrogens with zero attached hydrogens (tertiary/aromatic N) is 2. The number of fused-ring (bicyclic) bond motifs is 1. The van der Waals surface area contributed by atoms with E-state index in [1.54, 1.807) is 6.33 Å². The minimum absolute atomic E-state index is 0.112. The molecule has 0 bridgehead atoms. The highest BCUT2D eigenvalue weighted by Gasteiger charge is 2.24. The monoisotopic (exact) mass is 328 g/mol. The Hall–Kier alpha value is -1.85. The minimum Gasteiger partial charge on any atom is -0.493 e. The Morgan fingerprint density at radius 1 is 1.33 bits per heavy atom. The van der Waals surface area contributed by atoms with Crippen LogP contribution >= 0.6 is 0 Å². The van der Waals surface area contributed by atoms with Gasteiger partial charge in [-0.1, -0.05) is 26.0 Å². The first kappa shape index (κ1) is 17.0. The van der Waals surface area contributed by atoms with Crippen molar-refractivity contribution in [2.24, 2.45) is 5.41 Å². The Bertz CT molecular complexity index is 678. The molecule has 0 saturated heterocycles. The molecule has 0 amide bonds. The summed E-state index contributed by atoms with van der Waals surface area (Å²) in [7, 11) is 4.19. The predicted molar refractivity (Wildman–Crippen MR) is 96.4 cm³/mol. The molecule has 2 N–H and O–H groups in total. The second-order valence-electron chi connectivity index (χ2n) is 7.71. The van der Waals surface area contributed by atoms with Gasteiger partial charge in [-0.25, -0.2) is 4.98 Å². The Morgan fingerprint density at radius 3 is 2.96 bits per heavy atom. The lowest BCUT2D eigenvalue weighted by Gasteiger charge is -2.28. The van der Waals surface area contributed by atoms with E-state index < -0.39 is 0 Å². The fraction of sp³-hybridized carbons (Fsp3) is 0.526. The lowest BCUT2D eigenvalue weighted by atomic mass is 9.91. The van der Waals surface area contributed by atoms with Crippen LogP contribution in [0.1, 0.15) is 36.7 Å². The summed E-state index contributed by atoms with van der Waals surface area (Å²) in [6, 6.07) is 8.43. The van der Waals surface area contributed by atoms with Gasteiger partial charge in [-0.15, -0.1) is 0 Å². The lowest BCUT2D eigenvalue weighted by molar-refractivity contribution is 0.141. The third-order valence-electron chi connectivity index (χ3n) is 4.37. The molecule has 0 saturated carbocycles. The largest absolute Gasteiger partial charge is 0.493 e. The molecule has 1 aliphatic rings. The molecule has 0 spiro atoms. The van der Waals surface area contributed by atoms with E-state index in [1.165, 1.54) is 11.3 Å². The summed E-state index contributed by atoms with van der Waals surface area (Å²) in [6.07, 6.45) is 1.79. The van der Waals surface area contributed by atoms with Crippen molar-refractivity contribution in [3.8, 4) is 5.75 Å². The summed E-state index contributed by atoms with van der Waals surface area (Å²) in [5, 5.41) is 3.46. The number of rotatable bonds is 6. The topological polar surface area (TPSA) is 53.2 Å². The zero-order chi connectivity index (χ0) is 17.2. The van der Waals surface area contributed by atoms with E-state index in [2.05, 4.69) is 66.3 Å². The predicted octanol–water partition coefficient (Wildman–Crippen LogP) is 2.61. The molecule has 5 heteroatoms. The van der Waals surface area contributed by atoms with Crippen LogP contribution < -0.4 is 10.1 Å². The van der Waals surface area contributed by atoms with Crippen LogP contribution in [0.5, 0.6) is 5.75 Å². The van der Waals surface area contributed by atoms with Gasteiger partial charge in [-0.05, 0) is 31.8 Å².